The summed E-state index contributed by atoms with van der Waals surface area (Å²) in [6, 6.07) is 6.21. The minimum Gasteiger partial charge on any atom is -0.391 e. The van der Waals surface area contributed by atoms with Gasteiger partial charge in [0.15, 0.2) is 0 Å². The van der Waals surface area contributed by atoms with Gasteiger partial charge in [-0.1, -0.05) is 6.07 Å². The Morgan fingerprint density at radius 2 is 2.28 bits per heavy atom. The fourth-order valence-corrected chi connectivity index (χ4v) is 3.49. The van der Waals surface area contributed by atoms with E-state index in [1.165, 1.54) is 6.42 Å². The SMILES string of the molecule is Cc1cc(N2CCC(O)C2)ccc1/C(C=NCC1CCCCO1)=N/N. The van der Waals surface area contributed by atoms with Crippen LogP contribution in [0, 0.1) is 6.92 Å². The van der Waals surface area contributed by atoms with Crippen molar-refractivity contribution in [2.45, 2.75) is 44.8 Å². The number of aliphatic hydroxyl groups is 1. The molecule has 3 N–H and O–H groups in total. The predicted molar refractivity (Wildman–Crippen MR) is 102 cm³/mol. The number of hydrogen-bond acceptors (Lipinski definition) is 6. The first-order chi connectivity index (χ1) is 12.2. The number of hydrogen-bond donors (Lipinski definition) is 2. The van der Waals surface area contributed by atoms with Gasteiger partial charge in [-0.05, 0) is 50.3 Å². The third kappa shape index (κ3) is 4.58. The average Bonchev–Trinajstić information content (AvgIpc) is 3.06. The van der Waals surface area contributed by atoms with Crippen LogP contribution in [0.2, 0.25) is 0 Å². The Balaban J connectivity index is 1.66. The molecule has 0 aromatic heterocycles. The largest absolute Gasteiger partial charge is 0.391 e. The minimum absolute atomic E-state index is 0.217. The molecule has 2 aliphatic heterocycles. The van der Waals surface area contributed by atoms with Gasteiger partial charge in [0.25, 0.3) is 0 Å². The van der Waals surface area contributed by atoms with E-state index in [0.717, 1.165) is 49.2 Å². The summed E-state index contributed by atoms with van der Waals surface area (Å²) in [5.74, 6) is 5.59. The molecule has 2 saturated heterocycles. The zero-order valence-electron chi connectivity index (χ0n) is 14.9. The van der Waals surface area contributed by atoms with E-state index in [0.29, 0.717) is 18.8 Å². The second-order valence-electron chi connectivity index (χ2n) is 6.88. The van der Waals surface area contributed by atoms with Gasteiger partial charge in [0.1, 0.15) is 5.71 Å². The van der Waals surface area contributed by atoms with Crippen molar-refractivity contribution in [3.05, 3.63) is 29.3 Å². The van der Waals surface area contributed by atoms with Crippen molar-refractivity contribution in [1.82, 2.24) is 0 Å². The molecule has 0 spiro atoms. The van der Waals surface area contributed by atoms with Crippen LogP contribution in [0.1, 0.15) is 36.8 Å². The van der Waals surface area contributed by atoms with Gasteiger partial charge < -0.3 is 20.6 Å². The number of aliphatic hydroxyl groups excluding tert-OH is 1. The smallest absolute Gasteiger partial charge is 0.108 e. The van der Waals surface area contributed by atoms with E-state index >= 15 is 0 Å². The van der Waals surface area contributed by atoms with E-state index in [9.17, 15) is 5.11 Å². The van der Waals surface area contributed by atoms with Crippen LogP contribution in [0.4, 0.5) is 5.69 Å². The highest BCUT2D eigenvalue weighted by Gasteiger charge is 2.21. The number of aryl methyl sites for hydroxylation is 1. The lowest BCUT2D eigenvalue weighted by molar-refractivity contribution is 0.0226. The normalized spacial score (nSPS) is 25.0. The van der Waals surface area contributed by atoms with Crippen LogP contribution in [0.5, 0.6) is 0 Å². The molecule has 0 aliphatic carbocycles. The van der Waals surface area contributed by atoms with Crippen LogP contribution in [-0.2, 0) is 4.74 Å². The van der Waals surface area contributed by atoms with Crippen LogP contribution in [0.25, 0.3) is 0 Å². The fourth-order valence-electron chi connectivity index (χ4n) is 3.49. The Hall–Kier alpha value is -1.92. The van der Waals surface area contributed by atoms with E-state index < -0.39 is 0 Å². The van der Waals surface area contributed by atoms with Crippen LogP contribution in [0.3, 0.4) is 0 Å². The minimum atomic E-state index is -0.227. The number of nitrogens with zero attached hydrogens (tertiary/aromatic N) is 3. The van der Waals surface area contributed by atoms with Gasteiger partial charge in [-0.15, -0.1) is 0 Å². The van der Waals surface area contributed by atoms with Crippen molar-refractivity contribution in [3.8, 4) is 0 Å². The first kappa shape index (κ1) is 17.9. The Morgan fingerprint density at radius 3 is 2.92 bits per heavy atom. The molecule has 136 valence electrons. The van der Waals surface area contributed by atoms with Crippen molar-refractivity contribution >= 4 is 17.6 Å². The lowest BCUT2D eigenvalue weighted by Crippen LogP contribution is -2.22. The highest BCUT2D eigenvalue weighted by atomic mass is 16.5. The molecule has 1 aromatic carbocycles. The molecule has 0 bridgehead atoms. The van der Waals surface area contributed by atoms with Crippen LogP contribution >= 0.6 is 0 Å². The molecule has 2 unspecified atom stereocenters. The highest BCUT2D eigenvalue weighted by molar-refractivity contribution is 6.38. The number of benzene rings is 1. The molecule has 2 atom stereocenters. The van der Waals surface area contributed by atoms with E-state index in [1.807, 2.05) is 6.07 Å². The zero-order chi connectivity index (χ0) is 17.6. The monoisotopic (exact) mass is 344 g/mol. The number of nitrogens with two attached hydrogens (primary N) is 1. The predicted octanol–water partition coefficient (Wildman–Crippen LogP) is 1.87. The van der Waals surface area contributed by atoms with Gasteiger partial charge in [-0.2, -0.15) is 5.10 Å². The fraction of sp³-hybridized carbons (Fsp3) is 0.579. The molecule has 0 radical (unpaired) electrons. The summed E-state index contributed by atoms with van der Waals surface area (Å²) in [6.45, 7) is 5.13. The summed E-state index contributed by atoms with van der Waals surface area (Å²) in [7, 11) is 0. The van der Waals surface area contributed by atoms with Crippen LogP contribution in [0.15, 0.2) is 28.3 Å². The van der Waals surface area contributed by atoms with E-state index in [4.69, 9.17) is 10.6 Å². The number of hydrazone groups is 1. The van der Waals surface area contributed by atoms with Crippen molar-refractivity contribution < 1.29 is 9.84 Å². The maximum absolute atomic E-state index is 9.71. The number of ether oxygens (including phenoxy) is 1. The second kappa shape index (κ2) is 8.45. The molecule has 6 nitrogen and oxygen atoms in total. The van der Waals surface area contributed by atoms with Crippen molar-refractivity contribution in [1.29, 1.82) is 0 Å². The molecule has 1 aromatic rings. The maximum Gasteiger partial charge on any atom is 0.108 e. The van der Waals surface area contributed by atoms with Gasteiger partial charge in [0.05, 0.1) is 18.8 Å². The second-order valence-corrected chi connectivity index (χ2v) is 6.88. The van der Waals surface area contributed by atoms with Gasteiger partial charge in [-0.25, -0.2) is 0 Å². The molecule has 3 rings (SSSR count). The molecule has 0 saturated carbocycles. The van der Waals surface area contributed by atoms with E-state index in [-0.39, 0.29) is 12.2 Å². The van der Waals surface area contributed by atoms with Gasteiger partial charge in [0.2, 0.25) is 0 Å². The van der Waals surface area contributed by atoms with Crippen molar-refractivity contribution in [3.63, 3.8) is 0 Å². The molecule has 0 amide bonds. The third-order valence-corrected chi connectivity index (χ3v) is 4.95. The molecule has 25 heavy (non-hydrogen) atoms. The van der Waals surface area contributed by atoms with Crippen LogP contribution < -0.4 is 10.7 Å². The molecular formula is C19H28N4O2. The third-order valence-electron chi connectivity index (χ3n) is 4.95. The number of rotatable bonds is 5. The Kier molecular flexibility index (Phi) is 6.04. The molecule has 2 aliphatic rings. The van der Waals surface area contributed by atoms with Crippen LogP contribution in [-0.4, -0.2) is 55.5 Å². The van der Waals surface area contributed by atoms with Crippen molar-refractivity contribution in [2.75, 3.05) is 31.1 Å². The van der Waals surface area contributed by atoms with Gasteiger partial charge in [-0.3, -0.25) is 4.99 Å². The number of aliphatic imine (C=N–C) groups is 1. The summed E-state index contributed by atoms with van der Waals surface area (Å²) >= 11 is 0. The van der Waals surface area contributed by atoms with E-state index in [2.05, 4.69) is 34.1 Å². The quantitative estimate of drug-likeness (QED) is 0.485. The standard InChI is InChI=1S/C19H28N4O2/c1-14-10-15(23-8-7-16(24)13-23)5-6-18(14)19(22-20)12-21-11-17-4-2-3-9-25-17/h5-6,10,12,16-17,24H,2-4,7-9,11,13,20H2,1H3/b21-12?,22-19+. The zero-order valence-corrected chi connectivity index (χ0v) is 14.9. The topological polar surface area (TPSA) is 83.4 Å². The summed E-state index contributed by atoms with van der Waals surface area (Å²) < 4.78 is 5.69. The van der Waals surface area contributed by atoms with Crippen molar-refractivity contribution in [2.24, 2.45) is 15.9 Å². The molecular weight excluding hydrogens is 316 g/mol. The summed E-state index contributed by atoms with van der Waals surface area (Å²) in [6.07, 6.45) is 6.00. The summed E-state index contributed by atoms with van der Waals surface area (Å²) in [5, 5.41) is 13.6. The number of β-amino-alcohol motifs (C(OH)–C–C–N with tert-alkyl or cyclic N) is 1. The first-order valence-electron chi connectivity index (χ1n) is 9.10. The number of anilines is 1. The van der Waals surface area contributed by atoms with E-state index in [1.54, 1.807) is 6.21 Å². The molecule has 6 heteroatoms. The summed E-state index contributed by atoms with van der Waals surface area (Å²) in [4.78, 5) is 6.69. The highest BCUT2D eigenvalue weighted by Crippen LogP contribution is 2.23. The lowest BCUT2D eigenvalue weighted by Gasteiger charge is -2.20. The first-order valence-corrected chi connectivity index (χ1v) is 9.10. The molecule has 2 heterocycles. The summed E-state index contributed by atoms with van der Waals surface area (Å²) in [5.41, 5.74) is 3.89. The Bertz CT molecular complexity index is 638. The Labute approximate surface area is 149 Å². The van der Waals surface area contributed by atoms with Gasteiger partial charge in [0, 0.05) is 37.2 Å². The molecule has 2 fully saturated rings. The maximum atomic E-state index is 9.71. The average molecular weight is 344 g/mol. The Morgan fingerprint density at radius 1 is 1.40 bits per heavy atom. The van der Waals surface area contributed by atoms with Gasteiger partial charge >= 0.3 is 0 Å². The lowest BCUT2D eigenvalue weighted by atomic mass is 10.0.